The summed E-state index contributed by atoms with van der Waals surface area (Å²) in [5, 5.41) is 2.84. The first-order chi connectivity index (χ1) is 10.7. The molecule has 1 unspecified atom stereocenters. The van der Waals surface area contributed by atoms with E-state index in [1.165, 1.54) is 12.3 Å². The first kappa shape index (κ1) is 14.7. The molecular weight excluding hydrogens is 283 g/mol. The summed E-state index contributed by atoms with van der Waals surface area (Å²) in [6.07, 6.45) is 5.12. The van der Waals surface area contributed by atoms with Crippen molar-refractivity contribution in [2.75, 3.05) is 13.2 Å². The highest BCUT2D eigenvalue weighted by Gasteiger charge is 2.17. The van der Waals surface area contributed by atoms with Crippen LogP contribution in [0.15, 0.2) is 42.7 Å². The third-order valence-corrected chi connectivity index (χ3v) is 3.70. The molecule has 4 nitrogen and oxygen atoms in total. The van der Waals surface area contributed by atoms with Gasteiger partial charge in [0, 0.05) is 36.7 Å². The van der Waals surface area contributed by atoms with E-state index >= 15 is 0 Å². The molecule has 0 bridgehead atoms. The van der Waals surface area contributed by atoms with Crippen molar-refractivity contribution in [3.8, 4) is 11.1 Å². The maximum absolute atomic E-state index is 13.8. The molecule has 1 aromatic heterocycles. The number of carbonyl (C=O) groups excluding carboxylic acids is 1. The Morgan fingerprint density at radius 2 is 2.23 bits per heavy atom. The van der Waals surface area contributed by atoms with E-state index in [-0.39, 0.29) is 17.8 Å². The number of halogens is 1. The molecule has 0 saturated carbocycles. The van der Waals surface area contributed by atoms with Gasteiger partial charge in [-0.3, -0.25) is 9.78 Å². The normalized spacial score (nSPS) is 17.4. The second-order valence-electron chi connectivity index (χ2n) is 5.29. The summed E-state index contributed by atoms with van der Waals surface area (Å²) >= 11 is 0. The van der Waals surface area contributed by atoms with Crippen LogP contribution in [-0.2, 0) is 4.74 Å². The van der Waals surface area contributed by atoms with E-state index in [9.17, 15) is 9.18 Å². The van der Waals surface area contributed by atoms with E-state index in [0.717, 1.165) is 19.4 Å². The topological polar surface area (TPSA) is 51.2 Å². The second kappa shape index (κ2) is 6.66. The molecule has 0 aliphatic carbocycles. The lowest BCUT2D eigenvalue weighted by Gasteiger charge is -2.11. The van der Waals surface area contributed by atoms with Gasteiger partial charge in [0.25, 0.3) is 5.91 Å². The third kappa shape index (κ3) is 3.31. The van der Waals surface area contributed by atoms with Gasteiger partial charge >= 0.3 is 0 Å². The average Bonchev–Trinajstić information content (AvgIpc) is 3.06. The summed E-state index contributed by atoms with van der Waals surface area (Å²) in [6.45, 7) is 1.24. The van der Waals surface area contributed by atoms with Crippen LogP contribution >= 0.6 is 0 Å². The van der Waals surface area contributed by atoms with E-state index < -0.39 is 0 Å². The van der Waals surface area contributed by atoms with E-state index in [4.69, 9.17) is 4.74 Å². The number of amides is 1. The molecule has 3 rings (SSSR count). The zero-order valence-electron chi connectivity index (χ0n) is 12.1. The fourth-order valence-electron chi connectivity index (χ4n) is 2.52. The summed E-state index contributed by atoms with van der Waals surface area (Å²) in [6, 6.07) is 8.09. The molecule has 1 aliphatic rings. The number of hydrogen-bond donors (Lipinski definition) is 1. The number of aromatic nitrogens is 1. The van der Waals surface area contributed by atoms with Gasteiger partial charge in [-0.15, -0.1) is 0 Å². The molecule has 1 atom stereocenters. The predicted molar refractivity (Wildman–Crippen MR) is 80.9 cm³/mol. The van der Waals surface area contributed by atoms with Crippen molar-refractivity contribution in [3.63, 3.8) is 0 Å². The summed E-state index contributed by atoms with van der Waals surface area (Å²) in [7, 11) is 0. The molecule has 1 fully saturated rings. The van der Waals surface area contributed by atoms with Gasteiger partial charge in [0.15, 0.2) is 0 Å². The highest BCUT2D eigenvalue weighted by Crippen LogP contribution is 2.22. The summed E-state index contributed by atoms with van der Waals surface area (Å²) in [5.41, 5.74) is 1.44. The van der Waals surface area contributed by atoms with Crippen molar-refractivity contribution in [1.82, 2.24) is 10.3 Å². The van der Waals surface area contributed by atoms with Crippen molar-refractivity contribution in [1.29, 1.82) is 0 Å². The van der Waals surface area contributed by atoms with Gasteiger partial charge in [0.2, 0.25) is 0 Å². The Balaban J connectivity index is 1.73. The fourth-order valence-corrected chi connectivity index (χ4v) is 2.52. The number of pyridine rings is 1. The third-order valence-electron chi connectivity index (χ3n) is 3.70. The number of rotatable bonds is 4. The van der Waals surface area contributed by atoms with Crippen molar-refractivity contribution in [2.45, 2.75) is 18.9 Å². The Bertz CT molecular complexity index is 669. The van der Waals surface area contributed by atoms with Crippen LogP contribution in [0.5, 0.6) is 0 Å². The zero-order valence-corrected chi connectivity index (χ0v) is 12.1. The molecule has 1 N–H and O–H groups in total. The standard InChI is InChI=1S/C17H17FN2O2/c18-16-6-2-1-5-15(16)12-8-13(10-19-9-12)17(21)20-11-14-4-3-7-22-14/h1-2,5-6,8-10,14H,3-4,7,11H2,(H,20,21). The van der Waals surface area contributed by atoms with Crippen LogP contribution in [0.2, 0.25) is 0 Å². The Hall–Kier alpha value is -2.27. The van der Waals surface area contributed by atoms with Crippen LogP contribution in [0.3, 0.4) is 0 Å². The van der Waals surface area contributed by atoms with E-state index in [1.807, 2.05) is 0 Å². The zero-order chi connectivity index (χ0) is 15.4. The Labute approximate surface area is 128 Å². The molecule has 5 heteroatoms. The monoisotopic (exact) mass is 300 g/mol. The molecule has 2 heterocycles. The molecule has 1 amide bonds. The number of hydrogen-bond acceptors (Lipinski definition) is 3. The van der Waals surface area contributed by atoms with Gasteiger partial charge in [0.05, 0.1) is 11.7 Å². The number of carbonyl (C=O) groups is 1. The lowest BCUT2D eigenvalue weighted by atomic mass is 10.1. The van der Waals surface area contributed by atoms with Gasteiger partial charge in [-0.2, -0.15) is 0 Å². The molecule has 2 aromatic rings. The van der Waals surface area contributed by atoms with Gasteiger partial charge in [-0.05, 0) is 25.0 Å². The van der Waals surface area contributed by atoms with E-state index in [1.54, 1.807) is 30.5 Å². The summed E-state index contributed by atoms with van der Waals surface area (Å²) in [5.74, 6) is -0.553. The van der Waals surface area contributed by atoms with Gasteiger partial charge in [-0.25, -0.2) is 4.39 Å². The van der Waals surface area contributed by atoms with Crippen molar-refractivity contribution < 1.29 is 13.9 Å². The predicted octanol–water partition coefficient (Wildman–Crippen LogP) is 2.80. The quantitative estimate of drug-likeness (QED) is 0.944. The number of ether oxygens (including phenoxy) is 1. The van der Waals surface area contributed by atoms with Crippen molar-refractivity contribution in [3.05, 3.63) is 54.1 Å². The maximum atomic E-state index is 13.8. The number of nitrogens with one attached hydrogen (secondary N) is 1. The molecule has 0 spiro atoms. The number of benzene rings is 1. The number of nitrogens with zero attached hydrogens (tertiary/aromatic N) is 1. The largest absolute Gasteiger partial charge is 0.376 e. The minimum atomic E-state index is -0.332. The molecule has 1 aromatic carbocycles. The maximum Gasteiger partial charge on any atom is 0.252 e. The SMILES string of the molecule is O=C(NCC1CCCO1)c1cncc(-c2ccccc2F)c1. The molecular formula is C17H17FN2O2. The minimum Gasteiger partial charge on any atom is -0.376 e. The van der Waals surface area contributed by atoms with Gasteiger partial charge < -0.3 is 10.1 Å². The highest BCUT2D eigenvalue weighted by atomic mass is 19.1. The molecule has 1 aliphatic heterocycles. The Morgan fingerprint density at radius 1 is 1.36 bits per heavy atom. The molecule has 0 radical (unpaired) electrons. The van der Waals surface area contributed by atoms with Gasteiger partial charge in [-0.1, -0.05) is 18.2 Å². The van der Waals surface area contributed by atoms with Gasteiger partial charge in [0.1, 0.15) is 5.82 Å². The minimum absolute atomic E-state index is 0.0895. The average molecular weight is 300 g/mol. The summed E-state index contributed by atoms with van der Waals surface area (Å²) in [4.78, 5) is 16.2. The summed E-state index contributed by atoms with van der Waals surface area (Å²) < 4.78 is 19.3. The first-order valence-corrected chi connectivity index (χ1v) is 7.34. The second-order valence-corrected chi connectivity index (χ2v) is 5.29. The van der Waals surface area contributed by atoms with Crippen LogP contribution in [-0.4, -0.2) is 30.1 Å². The Kier molecular flexibility index (Phi) is 4.44. The van der Waals surface area contributed by atoms with E-state index in [0.29, 0.717) is 23.2 Å². The molecule has 22 heavy (non-hydrogen) atoms. The Morgan fingerprint density at radius 3 is 3.00 bits per heavy atom. The lowest BCUT2D eigenvalue weighted by Crippen LogP contribution is -2.31. The van der Waals surface area contributed by atoms with Crippen LogP contribution in [0.4, 0.5) is 4.39 Å². The van der Waals surface area contributed by atoms with Crippen LogP contribution in [0.25, 0.3) is 11.1 Å². The highest BCUT2D eigenvalue weighted by molar-refractivity contribution is 5.95. The first-order valence-electron chi connectivity index (χ1n) is 7.34. The van der Waals surface area contributed by atoms with Crippen LogP contribution < -0.4 is 5.32 Å². The fraction of sp³-hybridized carbons (Fsp3) is 0.294. The lowest BCUT2D eigenvalue weighted by molar-refractivity contribution is 0.0857. The van der Waals surface area contributed by atoms with Crippen molar-refractivity contribution >= 4 is 5.91 Å². The smallest absolute Gasteiger partial charge is 0.252 e. The van der Waals surface area contributed by atoms with Crippen molar-refractivity contribution in [2.24, 2.45) is 0 Å². The van der Waals surface area contributed by atoms with Crippen LogP contribution in [0.1, 0.15) is 23.2 Å². The molecule has 1 saturated heterocycles. The van der Waals surface area contributed by atoms with E-state index in [2.05, 4.69) is 10.3 Å². The molecule has 114 valence electrons. The van der Waals surface area contributed by atoms with Crippen LogP contribution in [0, 0.1) is 5.82 Å².